The van der Waals surface area contributed by atoms with Crippen molar-refractivity contribution < 1.29 is 9.59 Å². The van der Waals surface area contributed by atoms with E-state index < -0.39 is 0 Å². The van der Waals surface area contributed by atoms with E-state index in [0.717, 1.165) is 6.42 Å². The standard InChI is InChI=1S/C16H28N2O2/c1-11(2)10-14-16(20)18(9-8-15(19)17-14)12(3)13-6-4-5-7-13/h11-14H,4-10H2,1-3H3,(H,17,19). The van der Waals surface area contributed by atoms with E-state index >= 15 is 0 Å². The van der Waals surface area contributed by atoms with Gasteiger partial charge in [0.2, 0.25) is 11.8 Å². The average Bonchev–Trinajstić information content (AvgIpc) is 2.86. The summed E-state index contributed by atoms with van der Waals surface area (Å²) in [4.78, 5) is 26.5. The first-order valence-electron chi connectivity index (χ1n) is 8.09. The molecule has 2 fully saturated rings. The van der Waals surface area contributed by atoms with E-state index in [2.05, 4.69) is 26.1 Å². The summed E-state index contributed by atoms with van der Waals surface area (Å²) >= 11 is 0. The number of nitrogens with zero attached hydrogens (tertiary/aromatic N) is 1. The van der Waals surface area contributed by atoms with Gasteiger partial charge >= 0.3 is 0 Å². The molecule has 0 aromatic rings. The third kappa shape index (κ3) is 3.53. The Morgan fingerprint density at radius 2 is 1.85 bits per heavy atom. The zero-order valence-electron chi connectivity index (χ0n) is 13.0. The summed E-state index contributed by atoms with van der Waals surface area (Å²) in [5.74, 6) is 1.17. The molecule has 0 radical (unpaired) electrons. The molecule has 1 N–H and O–H groups in total. The molecule has 0 aromatic carbocycles. The Bertz CT molecular complexity index is 361. The van der Waals surface area contributed by atoms with Crippen molar-refractivity contribution >= 4 is 11.8 Å². The number of carbonyl (C=O) groups excluding carboxylic acids is 2. The van der Waals surface area contributed by atoms with Crippen molar-refractivity contribution in [2.75, 3.05) is 6.54 Å². The summed E-state index contributed by atoms with van der Waals surface area (Å²) in [6, 6.07) is -0.0544. The van der Waals surface area contributed by atoms with Crippen molar-refractivity contribution in [1.29, 1.82) is 0 Å². The van der Waals surface area contributed by atoms with Crippen molar-refractivity contribution in [2.45, 2.75) is 71.4 Å². The second-order valence-electron chi connectivity index (χ2n) is 6.82. The fraction of sp³-hybridized carbons (Fsp3) is 0.875. The van der Waals surface area contributed by atoms with Crippen molar-refractivity contribution in [1.82, 2.24) is 10.2 Å². The molecule has 4 nitrogen and oxygen atoms in total. The molecule has 1 heterocycles. The smallest absolute Gasteiger partial charge is 0.245 e. The van der Waals surface area contributed by atoms with Gasteiger partial charge in [0.15, 0.2) is 0 Å². The number of carbonyl (C=O) groups is 2. The minimum atomic E-state index is -0.325. The van der Waals surface area contributed by atoms with Gasteiger partial charge in [-0.2, -0.15) is 0 Å². The van der Waals surface area contributed by atoms with E-state index in [1.165, 1.54) is 25.7 Å². The summed E-state index contributed by atoms with van der Waals surface area (Å²) in [5.41, 5.74) is 0. The second-order valence-corrected chi connectivity index (χ2v) is 6.82. The lowest BCUT2D eigenvalue weighted by molar-refractivity contribution is -0.136. The van der Waals surface area contributed by atoms with E-state index in [-0.39, 0.29) is 23.9 Å². The average molecular weight is 280 g/mol. The topological polar surface area (TPSA) is 49.4 Å². The molecule has 1 saturated carbocycles. The highest BCUT2D eigenvalue weighted by Gasteiger charge is 2.35. The summed E-state index contributed by atoms with van der Waals surface area (Å²) in [6.45, 7) is 6.93. The fourth-order valence-corrected chi connectivity index (χ4v) is 3.59. The molecule has 20 heavy (non-hydrogen) atoms. The van der Waals surface area contributed by atoms with E-state index in [4.69, 9.17) is 0 Å². The molecular weight excluding hydrogens is 252 g/mol. The Labute approximate surface area is 122 Å². The first-order valence-corrected chi connectivity index (χ1v) is 8.09. The van der Waals surface area contributed by atoms with E-state index in [0.29, 0.717) is 24.8 Å². The van der Waals surface area contributed by atoms with Crippen LogP contribution >= 0.6 is 0 Å². The van der Waals surface area contributed by atoms with E-state index in [1.807, 2.05) is 4.90 Å². The highest BCUT2D eigenvalue weighted by Crippen LogP contribution is 2.31. The Morgan fingerprint density at radius 3 is 2.45 bits per heavy atom. The molecule has 1 saturated heterocycles. The molecule has 4 heteroatoms. The number of hydrogen-bond donors (Lipinski definition) is 1. The highest BCUT2D eigenvalue weighted by molar-refractivity contribution is 5.90. The second kappa shape index (κ2) is 6.59. The first-order chi connectivity index (χ1) is 9.49. The van der Waals surface area contributed by atoms with Crippen LogP contribution < -0.4 is 5.32 Å². The summed E-state index contributed by atoms with van der Waals surface area (Å²) in [5, 5.41) is 2.91. The van der Waals surface area contributed by atoms with Gasteiger partial charge in [-0.1, -0.05) is 26.7 Å². The fourth-order valence-electron chi connectivity index (χ4n) is 3.59. The molecule has 2 amide bonds. The van der Waals surface area contributed by atoms with E-state index in [1.54, 1.807) is 0 Å². The highest BCUT2D eigenvalue weighted by atomic mass is 16.2. The van der Waals surface area contributed by atoms with Crippen molar-refractivity contribution in [2.24, 2.45) is 11.8 Å². The summed E-state index contributed by atoms with van der Waals surface area (Å²) < 4.78 is 0. The molecule has 2 aliphatic rings. The van der Waals surface area contributed by atoms with Crippen LogP contribution in [-0.2, 0) is 9.59 Å². The molecule has 114 valence electrons. The lowest BCUT2D eigenvalue weighted by Crippen LogP contribution is -2.49. The Kier molecular flexibility index (Phi) is 5.06. The van der Waals surface area contributed by atoms with Gasteiger partial charge in [-0.05, 0) is 38.0 Å². The minimum absolute atomic E-state index is 0.0186. The maximum Gasteiger partial charge on any atom is 0.245 e. The summed E-state index contributed by atoms with van der Waals surface area (Å²) in [6.07, 6.45) is 6.19. The lowest BCUT2D eigenvalue weighted by Gasteiger charge is -2.34. The normalized spacial score (nSPS) is 26.8. The maximum absolute atomic E-state index is 12.7. The molecule has 0 spiro atoms. The van der Waals surface area contributed by atoms with Gasteiger partial charge in [-0.15, -0.1) is 0 Å². The van der Waals surface area contributed by atoms with Crippen LogP contribution in [0.3, 0.4) is 0 Å². The zero-order valence-corrected chi connectivity index (χ0v) is 13.0. The predicted octanol–water partition coefficient (Wildman–Crippen LogP) is 2.33. The van der Waals surface area contributed by atoms with Crippen LogP contribution in [-0.4, -0.2) is 35.3 Å². The van der Waals surface area contributed by atoms with Gasteiger partial charge in [-0.25, -0.2) is 0 Å². The molecule has 2 atom stereocenters. The largest absolute Gasteiger partial charge is 0.344 e. The third-order valence-electron chi connectivity index (χ3n) is 4.78. The number of nitrogens with one attached hydrogen (secondary N) is 1. The molecule has 2 unspecified atom stereocenters. The Hall–Kier alpha value is -1.06. The van der Waals surface area contributed by atoms with Crippen LogP contribution in [0, 0.1) is 11.8 Å². The molecule has 1 aliphatic heterocycles. The Morgan fingerprint density at radius 1 is 1.20 bits per heavy atom. The van der Waals surface area contributed by atoms with Crippen LogP contribution in [0.4, 0.5) is 0 Å². The molecule has 1 aliphatic carbocycles. The zero-order chi connectivity index (χ0) is 14.7. The number of rotatable bonds is 4. The monoisotopic (exact) mass is 280 g/mol. The number of amides is 2. The van der Waals surface area contributed by atoms with Crippen LogP contribution in [0.15, 0.2) is 0 Å². The van der Waals surface area contributed by atoms with Gasteiger partial charge in [-0.3, -0.25) is 9.59 Å². The van der Waals surface area contributed by atoms with Gasteiger partial charge in [0.1, 0.15) is 6.04 Å². The first kappa shape index (κ1) is 15.3. The number of hydrogen-bond acceptors (Lipinski definition) is 2. The molecule has 2 rings (SSSR count). The lowest BCUT2D eigenvalue weighted by atomic mass is 9.96. The SMILES string of the molecule is CC(C)CC1NC(=O)CCN(C(C)C2CCCC2)C1=O. The summed E-state index contributed by atoms with van der Waals surface area (Å²) in [7, 11) is 0. The van der Waals surface area contributed by atoms with Crippen molar-refractivity contribution in [3.63, 3.8) is 0 Å². The molecule has 0 bridgehead atoms. The van der Waals surface area contributed by atoms with Crippen LogP contribution in [0.1, 0.15) is 59.3 Å². The van der Waals surface area contributed by atoms with Crippen LogP contribution in [0.25, 0.3) is 0 Å². The molecule has 0 aromatic heterocycles. The van der Waals surface area contributed by atoms with Crippen molar-refractivity contribution in [3.05, 3.63) is 0 Å². The quantitative estimate of drug-likeness (QED) is 0.859. The third-order valence-corrected chi connectivity index (χ3v) is 4.78. The maximum atomic E-state index is 12.7. The van der Waals surface area contributed by atoms with Gasteiger partial charge in [0.05, 0.1) is 0 Å². The predicted molar refractivity (Wildman–Crippen MR) is 79.1 cm³/mol. The van der Waals surface area contributed by atoms with Crippen molar-refractivity contribution in [3.8, 4) is 0 Å². The Balaban J connectivity index is 2.09. The van der Waals surface area contributed by atoms with Gasteiger partial charge < -0.3 is 10.2 Å². The van der Waals surface area contributed by atoms with E-state index in [9.17, 15) is 9.59 Å². The van der Waals surface area contributed by atoms with Gasteiger partial charge in [0, 0.05) is 19.0 Å². The molecular formula is C16H28N2O2. The van der Waals surface area contributed by atoms with Gasteiger partial charge in [0.25, 0.3) is 0 Å². The van der Waals surface area contributed by atoms with Crippen LogP contribution in [0.5, 0.6) is 0 Å². The minimum Gasteiger partial charge on any atom is -0.344 e. The van der Waals surface area contributed by atoms with Crippen LogP contribution in [0.2, 0.25) is 0 Å².